The van der Waals surface area contributed by atoms with E-state index in [1.165, 1.54) is 18.3 Å². The fourth-order valence-corrected chi connectivity index (χ4v) is 5.07. The van der Waals surface area contributed by atoms with Gasteiger partial charge in [-0.3, -0.25) is 9.69 Å². The van der Waals surface area contributed by atoms with E-state index in [1.807, 2.05) is 12.1 Å². The molecule has 8 nitrogen and oxygen atoms in total. The fraction of sp³-hybridized carbons (Fsp3) is 0.370. The third kappa shape index (κ3) is 4.96. The van der Waals surface area contributed by atoms with Crippen LogP contribution in [0.25, 0.3) is 5.69 Å². The number of nitrogens with one attached hydrogen (secondary N) is 1. The molecule has 2 fully saturated rings. The summed E-state index contributed by atoms with van der Waals surface area (Å²) < 4.78 is 20.3. The van der Waals surface area contributed by atoms with Crippen molar-refractivity contribution in [3.63, 3.8) is 0 Å². The molecule has 0 saturated carbocycles. The van der Waals surface area contributed by atoms with Crippen molar-refractivity contribution in [2.75, 3.05) is 49.6 Å². The summed E-state index contributed by atoms with van der Waals surface area (Å²) in [6.07, 6.45) is 3.60. The van der Waals surface area contributed by atoms with Crippen LogP contribution in [0.5, 0.6) is 0 Å². The second-order valence-corrected chi connectivity index (χ2v) is 9.20. The summed E-state index contributed by atoms with van der Waals surface area (Å²) in [6, 6.07) is 14.3. The Bertz CT molecular complexity index is 1270. The van der Waals surface area contributed by atoms with Crippen molar-refractivity contribution in [3.8, 4) is 11.8 Å². The lowest BCUT2D eigenvalue weighted by Gasteiger charge is -2.41. The van der Waals surface area contributed by atoms with Crippen molar-refractivity contribution in [1.29, 1.82) is 5.26 Å². The van der Waals surface area contributed by atoms with E-state index in [1.54, 1.807) is 29.8 Å². The maximum atomic E-state index is 13.3. The first-order valence-electron chi connectivity index (χ1n) is 12.3. The SMILES string of the molecule is Cc1c(C(=O)Nc2ccc(N3CCC(N4CCOCC4)CC3)c(C#N)c2)cnn1-c1ccc(F)cc1. The lowest BCUT2D eigenvalue weighted by molar-refractivity contribution is 0.0115. The number of aromatic nitrogens is 2. The van der Waals surface area contributed by atoms with Crippen LogP contribution in [0, 0.1) is 24.1 Å². The zero-order valence-corrected chi connectivity index (χ0v) is 20.3. The van der Waals surface area contributed by atoms with Crippen molar-refractivity contribution in [2.24, 2.45) is 0 Å². The molecule has 0 spiro atoms. The number of rotatable bonds is 5. The molecule has 9 heteroatoms. The van der Waals surface area contributed by atoms with Gasteiger partial charge in [0.05, 0.1) is 47.6 Å². The van der Waals surface area contributed by atoms with Crippen LogP contribution in [0.4, 0.5) is 15.8 Å². The van der Waals surface area contributed by atoms with Gasteiger partial charge in [0.1, 0.15) is 11.9 Å². The number of nitrogens with zero attached hydrogens (tertiary/aromatic N) is 5. The van der Waals surface area contributed by atoms with Gasteiger partial charge in [-0.15, -0.1) is 0 Å². The number of carbonyl (C=O) groups is 1. The van der Waals surface area contributed by atoms with Crippen LogP contribution in [0.15, 0.2) is 48.7 Å². The molecule has 2 aliphatic rings. The van der Waals surface area contributed by atoms with Gasteiger partial charge in [-0.2, -0.15) is 10.4 Å². The third-order valence-electron chi connectivity index (χ3n) is 7.07. The van der Waals surface area contributed by atoms with E-state index in [0.717, 1.165) is 57.9 Å². The molecule has 1 amide bonds. The predicted octanol–water partition coefficient (Wildman–Crippen LogP) is 3.74. The Hall–Kier alpha value is -3.74. The molecule has 0 radical (unpaired) electrons. The highest BCUT2D eigenvalue weighted by molar-refractivity contribution is 6.05. The lowest BCUT2D eigenvalue weighted by Crippen LogP contribution is -2.49. The number of anilines is 2. The smallest absolute Gasteiger partial charge is 0.259 e. The lowest BCUT2D eigenvalue weighted by atomic mass is 10.0. The first-order valence-corrected chi connectivity index (χ1v) is 12.3. The van der Waals surface area contributed by atoms with E-state index in [2.05, 4.69) is 26.3 Å². The Morgan fingerprint density at radius 2 is 1.83 bits per heavy atom. The summed E-state index contributed by atoms with van der Waals surface area (Å²) in [5.74, 6) is -0.649. The average Bonchev–Trinajstić information content (AvgIpc) is 3.31. The molecule has 1 N–H and O–H groups in total. The Morgan fingerprint density at radius 3 is 2.53 bits per heavy atom. The number of nitriles is 1. The van der Waals surface area contributed by atoms with Crippen molar-refractivity contribution < 1.29 is 13.9 Å². The van der Waals surface area contributed by atoms with Gasteiger partial charge in [0.25, 0.3) is 5.91 Å². The van der Waals surface area contributed by atoms with Crippen molar-refractivity contribution >= 4 is 17.3 Å². The molecule has 0 atom stereocenters. The minimum Gasteiger partial charge on any atom is -0.379 e. The summed E-state index contributed by atoms with van der Waals surface area (Å²) in [6.45, 7) is 7.16. The van der Waals surface area contributed by atoms with Gasteiger partial charge < -0.3 is 15.0 Å². The predicted molar refractivity (Wildman–Crippen MR) is 135 cm³/mol. The topological polar surface area (TPSA) is 86.4 Å². The number of carbonyl (C=O) groups excluding carboxylic acids is 1. The van der Waals surface area contributed by atoms with Crippen LogP contribution in [-0.4, -0.2) is 66.0 Å². The molecule has 0 unspecified atom stereocenters. The van der Waals surface area contributed by atoms with E-state index in [4.69, 9.17) is 4.74 Å². The molecule has 2 saturated heterocycles. The molecular formula is C27H29FN6O2. The molecule has 186 valence electrons. The quantitative estimate of drug-likeness (QED) is 0.589. The van der Waals surface area contributed by atoms with Crippen LogP contribution in [0.1, 0.15) is 34.5 Å². The zero-order valence-electron chi connectivity index (χ0n) is 20.3. The van der Waals surface area contributed by atoms with E-state index in [0.29, 0.717) is 34.2 Å². The number of amides is 1. The van der Waals surface area contributed by atoms with Crippen LogP contribution in [0.3, 0.4) is 0 Å². The van der Waals surface area contributed by atoms with Crippen LogP contribution in [0.2, 0.25) is 0 Å². The fourth-order valence-electron chi connectivity index (χ4n) is 5.07. The first kappa shape index (κ1) is 24.0. The molecule has 5 rings (SSSR count). The minimum atomic E-state index is -0.334. The van der Waals surface area contributed by atoms with Crippen molar-refractivity contribution in [1.82, 2.24) is 14.7 Å². The standard InChI is InChI=1S/C27H29FN6O2/c1-19-25(18-30-34(19)24-5-2-21(28)3-6-24)27(35)31-22-4-7-26(20(16-22)17-29)33-10-8-23(9-11-33)32-12-14-36-15-13-32/h2-7,16,18,23H,8-15H2,1H3,(H,31,35). The number of piperidine rings is 1. The van der Waals surface area contributed by atoms with Gasteiger partial charge in [-0.1, -0.05) is 0 Å². The Labute approximate surface area is 209 Å². The number of morpholine rings is 1. The van der Waals surface area contributed by atoms with Crippen LogP contribution >= 0.6 is 0 Å². The number of hydrogen-bond donors (Lipinski definition) is 1. The minimum absolute atomic E-state index is 0.316. The van der Waals surface area contributed by atoms with Crippen molar-refractivity contribution in [2.45, 2.75) is 25.8 Å². The summed E-state index contributed by atoms with van der Waals surface area (Å²) in [4.78, 5) is 17.8. The highest BCUT2D eigenvalue weighted by Gasteiger charge is 2.27. The highest BCUT2D eigenvalue weighted by Crippen LogP contribution is 2.28. The zero-order chi connectivity index (χ0) is 25.1. The Kier molecular flexibility index (Phi) is 6.98. The summed E-state index contributed by atoms with van der Waals surface area (Å²) in [5, 5.41) is 17.0. The summed E-state index contributed by atoms with van der Waals surface area (Å²) in [7, 11) is 0. The van der Waals surface area contributed by atoms with Gasteiger partial charge in [-0.05, 0) is 62.2 Å². The monoisotopic (exact) mass is 488 g/mol. The molecule has 2 aliphatic heterocycles. The van der Waals surface area contributed by atoms with Gasteiger partial charge in [0.2, 0.25) is 0 Å². The molecule has 36 heavy (non-hydrogen) atoms. The molecule has 2 aromatic carbocycles. The number of ether oxygens (including phenoxy) is 1. The highest BCUT2D eigenvalue weighted by atomic mass is 19.1. The number of benzene rings is 2. The molecule has 3 aromatic rings. The Balaban J connectivity index is 1.26. The molecule has 0 aliphatic carbocycles. The molecule has 0 bridgehead atoms. The van der Waals surface area contributed by atoms with E-state index in [-0.39, 0.29) is 11.7 Å². The molecular weight excluding hydrogens is 459 g/mol. The first-order chi connectivity index (χ1) is 17.5. The van der Waals surface area contributed by atoms with Gasteiger partial charge in [-0.25, -0.2) is 9.07 Å². The van der Waals surface area contributed by atoms with Crippen LogP contribution < -0.4 is 10.2 Å². The summed E-state index contributed by atoms with van der Waals surface area (Å²) >= 11 is 0. The normalized spacial score (nSPS) is 17.1. The largest absolute Gasteiger partial charge is 0.379 e. The molecule has 1 aromatic heterocycles. The van der Waals surface area contributed by atoms with Gasteiger partial charge >= 0.3 is 0 Å². The summed E-state index contributed by atoms with van der Waals surface area (Å²) in [5.41, 5.74) is 3.71. The number of halogens is 1. The number of hydrogen-bond acceptors (Lipinski definition) is 6. The average molecular weight is 489 g/mol. The second kappa shape index (κ2) is 10.5. The van der Waals surface area contributed by atoms with Gasteiger partial charge in [0, 0.05) is 37.9 Å². The van der Waals surface area contributed by atoms with E-state index in [9.17, 15) is 14.4 Å². The van der Waals surface area contributed by atoms with E-state index >= 15 is 0 Å². The van der Waals surface area contributed by atoms with Crippen molar-refractivity contribution in [3.05, 3.63) is 71.3 Å². The van der Waals surface area contributed by atoms with Crippen LogP contribution in [-0.2, 0) is 4.74 Å². The van der Waals surface area contributed by atoms with Gasteiger partial charge in [0.15, 0.2) is 0 Å². The third-order valence-corrected chi connectivity index (χ3v) is 7.07. The maximum Gasteiger partial charge on any atom is 0.259 e. The molecule has 3 heterocycles. The Morgan fingerprint density at radius 1 is 1.11 bits per heavy atom. The second-order valence-electron chi connectivity index (χ2n) is 9.20. The maximum absolute atomic E-state index is 13.3. The van der Waals surface area contributed by atoms with E-state index < -0.39 is 0 Å².